The number of ether oxygens (including phenoxy) is 1. The molecule has 0 aliphatic carbocycles. The minimum absolute atomic E-state index is 0.00241. The molecule has 20 nitrogen and oxygen atoms in total. The highest BCUT2D eigenvalue weighted by Crippen LogP contribution is 2.41. The fourth-order valence-electron chi connectivity index (χ4n) is 4.04. The molecule has 4 heterocycles. The van der Waals surface area contributed by atoms with Gasteiger partial charge in [-0.15, -0.1) is 16.9 Å². The van der Waals surface area contributed by atoms with E-state index in [1.54, 1.807) is 20.8 Å². The Morgan fingerprint density at radius 3 is 2.54 bits per heavy atom. The van der Waals surface area contributed by atoms with Crippen molar-refractivity contribution < 1.29 is 43.8 Å². The van der Waals surface area contributed by atoms with Crippen molar-refractivity contribution in [2.24, 2.45) is 5.16 Å². The first-order valence-corrected chi connectivity index (χ1v) is 16.9. The van der Waals surface area contributed by atoms with Gasteiger partial charge < -0.3 is 36.2 Å². The highest BCUT2D eigenvalue weighted by molar-refractivity contribution is 8.01. The van der Waals surface area contributed by atoms with Crippen LogP contribution < -0.4 is 16.4 Å². The average molecular weight is 728 g/mol. The highest BCUT2D eigenvalue weighted by Gasteiger charge is 2.54. The van der Waals surface area contributed by atoms with Gasteiger partial charge in [0.2, 0.25) is 22.3 Å². The average Bonchev–Trinajstić information content (AvgIpc) is 3.63. The number of oxime groups is 1. The third-order valence-corrected chi connectivity index (χ3v) is 9.30. The zero-order chi connectivity index (χ0) is 35.4. The second kappa shape index (κ2) is 14.7. The van der Waals surface area contributed by atoms with E-state index in [0.717, 1.165) is 16.4 Å². The van der Waals surface area contributed by atoms with Gasteiger partial charge in [0.15, 0.2) is 5.13 Å². The summed E-state index contributed by atoms with van der Waals surface area (Å²) in [4.78, 5) is 72.2. The number of aryl methyl sites for hydroxylation is 1. The Morgan fingerprint density at radius 1 is 1.19 bits per heavy atom. The smallest absolute Gasteiger partial charge is 0.407 e. The van der Waals surface area contributed by atoms with Crippen LogP contribution in [0.15, 0.2) is 21.6 Å². The topological polar surface area (TPSA) is 279 Å². The van der Waals surface area contributed by atoms with E-state index in [0.29, 0.717) is 30.2 Å². The van der Waals surface area contributed by atoms with Crippen LogP contribution in [0.5, 0.6) is 0 Å². The summed E-state index contributed by atoms with van der Waals surface area (Å²) in [6.45, 7) is 8.39. The Labute approximate surface area is 285 Å². The van der Waals surface area contributed by atoms with Gasteiger partial charge in [-0.3, -0.25) is 14.5 Å². The number of hydrogen-bond acceptors (Lipinski definition) is 17. The molecule has 48 heavy (non-hydrogen) atoms. The quantitative estimate of drug-likeness (QED) is 0.0569. The third kappa shape index (κ3) is 8.69. The van der Waals surface area contributed by atoms with Crippen molar-refractivity contribution in [1.82, 2.24) is 45.1 Å². The number of aliphatic carboxylic acids is 2. The minimum Gasteiger partial charge on any atom is -0.478 e. The van der Waals surface area contributed by atoms with E-state index in [4.69, 9.17) is 15.3 Å². The van der Waals surface area contributed by atoms with Gasteiger partial charge >= 0.3 is 18.0 Å². The van der Waals surface area contributed by atoms with Crippen molar-refractivity contribution >= 4 is 75.7 Å². The molecule has 0 saturated carbocycles. The number of β-lactam (4-membered cyclic amide) rings is 1. The van der Waals surface area contributed by atoms with Gasteiger partial charge in [-0.2, -0.15) is 9.36 Å². The lowest BCUT2D eigenvalue weighted by atomic mass is 10.0. The van der Waals surface area contributed by atoms with Crippen LogP contribution in [0.1, 0.15) is 46.9 Å². The van der Waals surface area contributed by atoms with Crippen molar-refractivity contribution in [3.8, 4) is 0 Å². The van der Waals surface area contributed by atoms with Gasteiger partial charge in [0.25, 0.3) is 11.8 Å². The number of carbonyl (C=O) groups is 5. The van der Waals surface area contributed by atoms with Crippen LogP contribution in [-0.4, -0.2) is 121 Å². The maximum Gasteiger partial charge on any atom is 0.407 e. The fourth-order valence-corrected chi connectivity index (χ4v) is 6.87. The summed E-state index contributed by atoms with van der Waals surface area (Å²) in [5.41, 5.74) is 2.92. The van der Waals surface area contributed by atoms with Crippen LogP contribution in [0.25, 0.3) is 0 Å². The van der Waals surface area contributed by atoms with Crippen LogP contribution in [0.4, 0.5) is 9.93 Å². The summed E-state index contributed by atoms with van der Waals surface area (Å²) in [6.07, 6.45) is -0.0447. The SMILES string of the molecule is CC(C)(C)OC(=O)NCCCn1nnnc1SCC1=C(C(=O)O)N2C(=O)C(NC(=O)C(=NOC(C)(C)C(=O)O)c3nsc(N)n3)[C@H]2SC1. The number of alkyl carbamates (subject to hydrolysis) is 1. The first-order chi connectivity index (χ1) is 22.5. The Bertz CT molecular complexity index is 1650. The first kappa shape index (κ1) is 36.3. The number of carboxylic acids is 2. The number of hydrogen-bond donors (Lipinski definition) is 5. The molecule has 6 N–H and O–H groups in total. The standard InChI is InChI=1S/C25H33N11O9S3/c1-24(2,3)44-23(43)27-7-6-8-35-22(30-33-34-35)47-10-11-9-46-18-13(17(38)36(18)14(11)19(39)40)28-16(37)12(15-29-21(26)48-32-15)31-45-25(4,5)20(41)42/h13,18H,6-10H2,1-5H3,(H,27,43)(H,28,37)(H,39,40)(H,41,42)(H2,26,29,32)/t13?,18-/m1/s1. The van der Waals surface area contributed by atoms with Crippen molar-refractivity contribution in [2.75, 3.05) is 23.8 Å². The first-order valence-electron chi connectivity index (χ1n) is 14.1. The zero-order valence-corrected chi connectivity index (χ0v) is 28.8. The van der Waals surface area contributed by atoms with Crippen LogP contribution in [-0.2, 0) is 35.3 Å². The molecule has 3 amide bonds. The maximum atomic E-state index is 13.2. The van der Waals surface area contributed by atoms with E-state index >= 15 is 0 Å². The van der Waals surface area contributed by atoms with Gasteiger partial charge in [-0.25, -0.2) is 19.1 Å². The molecule has 2 aromatic heterocycles. The second-order valence-electron chi connectivity index (χ2n) is 11.7. The molecule has 23 heteroatoms. The van der Waals surface area contributed by atoms with E-state index < -0.39 is 58.2 Å². The molecule has 2 aromatic rings. The summed E-state index contributed by atoms with van der Waals surface area (Å²) < 4.78 is 10.7. The number of nitrogens with two attached hydrogens (primary N) is 1. The zero-order valence-electron chi connectivity index (χ0n) is 26.3. The number of tetrazole rings is 1. The Morgan fingerprint density at radius 2 is 1.92 bits per heavy atom. The Kier molecular flexibility index (Phi) is 11.1. The molecular weight excluding hydrogens is 695 g/mol. The van der Waals surface area contributed by atoms with Crippen molar-refractivity contribution in [3.05, 3.63) is 17.1 Å². The molecular formula is C25H33N11O9S3. The monoisotopic (exact) mass is 727 g/mol. The van der Waals surface area contributed by atoms with Crippen LogP contribution in [0, 0.1) is 0 Å². The van der Waals surface area contributed by atoms with E-state index in [-0.39, 0.29) is 28.2 Å². The number of nitrogens with zero attached hydrogens (tertiary/aromatic N) is 8. The molecule has 2 atom stereocenters. The van der Waals surface area contributed by atoms with Crippen LogP contribution in [0.3, 0.4) is 0 Å². The minimum atomic E-state index is -1.81. The van der Waals surface area contributed by atoms with Gasteiger partial charge in [-0.05, 0) is 57.0 Å². The molecule has 0 spiro atoms. The summed E-state index contributed by atoms with van der Waals surface area (Å²) in [5.74, 6) is -4.19. The number of carbonyl (C=O) groups excluding carboxylic acids is 3. The molecule has 0 bridgehead atoms. The summed E-state index contributed by atoms with van der Waals surface area (Å²) in [7, 11) is 0. The van der Waals surface area contributed by atoms with E-state index in [9.17, 15) is 34.2 Å². The molecule has 1 fully saturated rings. The molecule has 2 aliphatic heterocycles. The van der Waals surface area contributed by atoms with Gasteiger partial charge in [-0.1, -0.05) is 16.9 Å². The lowest BCUT2D eigenvalue weighted by molar-refractivity contribution is -0.161. The largest absolute Gasteiger partial charge is 0.478 e. The maximum absolute atomic E-state index is 13.2. The molecule has 0 radical (unpaired) electrons. The third-order valence-electron chi connectivity index (χ3n) is 6.37. The molecule has 260 valence electrons. The van der Waals surface area contributed by atoms with Gasteiger partial charge in [0.05, 0.1) is 0 Å². The lowest BCUT2D eigenvalue weighted by Gasteiger charge is -2.49. The fraction of sp³-hybridized carbons (Fsp3) is 0.560. The van der Waals surface area contributed by atoms with Crippen molar-refractivity contribution in [2.45, 2.75) is 75.4 Å². The van der Waals surface area contributed by atoms with E-state index in [2.05, 4.69) is 40.7 Å². The number of rotatable bonds is 14. The summed E-state index contributed by atoms with van der Waals surface area (Å²) in [6, 6.07) is -1.14. The molecule has 1 unspecified atom stereocenters. The van der Waals surface area contributed by atoms with Crippen LogP contribution >= 0.6 is 35.1 Å². The number of nitrogen functional groups attached to an aromatic ring is 1. The predicted molar refractivity (Wildman–Crippen MR) is 171 cm³/mol. The number of anilines is 1. The number of nitrogens with one attached hydrogen (secondary N) is 2. The summed E-state index contributed by atoms with van der Waals surface area (Å²) >= 11 is 3.19. The van der Waals surface area contributed by atoms with Gasteiger partial charge in [0, 0.05) is 36.1 Å². The van der Waals surface area contributed by atoms with Crippen molar-refractivity contribution in [3.63, 3.8) is 0 Å². The number of carboxylic acid groups (broad SMARTS) is 2. The Hall–Kier alpha value is -4.51. The molecule has 2 aliphatic rings. The number of fused-ring (bicyclic) bond motifs is 1. The number of aromatic nitrogens is 6. The lowest BCUT2D eigenvalue weighted by Crippen LogP contribution is -2.71. The predicted octanol–water partition coefficient (Wildman–Crippen LogP) is 0.136. The molecule has 4 rings (SSSR count). The van der Waals surface area contributed by atoms with Crippen molar-refractivity contribution in [1.29, 1.82) is 0 Å². The Balaban J connectivity index is 1.40. The van der Waals surface area contributed by atoms with Gasteiger partial charge in [0.1, 0.15) is 22.7 Å². The van der Waals surface area contributed by atoms with Crippen LogP contribution in [0.2, 0.25) is 0 Å². The molecule has 0 aromatic carbocycles. The molecule has 1 saturated heterocycles. The summed E-state index contributed by atoms with van der Waals surface area (Å²) in [5, 5.41) is 39.5. The van der Waals surface area contributed by atoms with E-state index in [1.807, 2.05) is 0 Å². The number of amides is 3. The second-order valence-corrected chi connectivity index (χ2v) is 14.5. The highest BCUT2D eigenvalue weighted by atomic mass is 32.2. The normalized spacial score (nSPS) is 18.1. The number of thioether (sulfide) groups is 2. The van der Waals surface area contributed by atoms with E-state index in [1.165, 1.54) is 42.1 Å².